The van der Waals surface area contributed by atoms with E-state index in [9.17, 15) is 35.8 Å². The first-order valence-electron chi connectivity index (χ1n) is 7.29. The topological polar surface area (TPSA) is 25.2 Å². The van der Waals surface area contributed by atoms with Crippen LogP contribution in [-0.2, 0) is 19.1 Å². The largest absolute Gasteiger partial charge is 0.418 e. The molecular weight excluding hydrogens is 355 g/mol. The Morgan fingerprint density at radius 3 is 2.48 bits per heavy atom. The maximum Gasteiger partial charge on any atom is 0.418 e. The molecule has 0 fully saturated rings. The summed E-state index contributed by atoms with van der Waals surface area (Å²) in [5.41, 5.74) is -2.49. The van der Waals surface area contributed by atoms with Crippen molar-refractivity contribution >= 4 is 0 Å². The van der Waals surface area contributed by atoms with Gasteiger partial charge in [0.25, 0.3) is 5.92 Å². The molecule has 0 saturated carbocycles. The van der Waals surface area contributed by atoms with E-state index in [1.54, 1.807) is 0 Å². The maximum atomic E-state index is 13.8. The van der Waals surface area contributed by atoms with E-state index in [1.807, 2.05) is 0 Å². The summed E-state index contributed by atoms with van der Waals surface area (Å²) in [4.78, 5) is 0. The Labute approximate surface area is 137 Å². The summed E-state index contributed by atoms with van der Waals surface area (Å²) in [6, 6.07) is 2.60. The Kier molecular flexibility index (Phi) is 4.09. The lowest BCUT2D eigenvalue weighted by molar-refractivity contribution is -0.147. The third kappa shape index (κ3) is 3.12. The second kappa shape index (κ2) is 5.76. The second-order valence-electron chi connectivity index (χ2n) is 5.93. The molecule has 2 nitrogen and oxygen atoms in total. The zero-order chi connectivity index (χ0) is 18.6. The first-order chi connectivity index (χ1) is 11.5. The molecule has 1 aliphatic rings. The first-order valence-corrected chi connectivity index (χ1v) is 7.29. The van der Waals surface area contributed by atoms with Crippen LogP contribution in [0.5, 0.6) is 0 Å². The molecule has 25 heavy (non-hydrogen) atoms. The van der Waals surface area contributed by atoms with Gasteiger partial charge in [0.15, 0.2) is 0 Å². The van der Waals surface area contributed by atoms with Crippen LogP contribution in [0.4, 0.5) is 30.7 Å². The van der Waals surface area contributed by atoms with Crippen LogP contribution < -0.4 is 0 Å². The van der Waals surface area contributed by atoms with Crippen LogP contribution >= 0.6 is 0 Å². The van der Waals surface area contributed by atoms with Crippen molar-refractivity contribution in [2.45, 2.75) is 37.6 Å². The quantitative estimate of drug-likeness (QED) is 0.780. The van der Waals surface area contributed by atoms with E-state index in [2.05, 4.69) is 0 Å². The molecule has 3 rings (SSSR count). The average Bonchev–Trinajstić information content (AvgIpc) is 2.85. The van der Waals surface area contributed by atoms with Gasteiger partial charge in [0.1, 0.15) is 17.7 Å². The molecule has 1 unspecified atom stereocenters. The Bertz CT molecular complexity index is 810. The van der Waals surface area contributed by atoms with Gasteiger partial charge in [-0.1, -0.05) is 6.07 Å². The molecule has 1 aliphatic carbocycles. The van der Waals surface area contributed by atoms with E-state index >= 15 is 0 Å². The van der Waals surface area contributed by atoms with E-state index in [-0.39, 0.29) is 11.3 Å². The standard InChI is InChI=1S/C16H12F7NO/c17-9-2-1-8(11(18)5-9)6-24-7-10(16(21,22)23)13-12(24)3-4-15(19,20)14(13)25/h1-2,5,7,14,25H,3-4,6H2. The van der Waals surface area contributed by atoms with Crippen molar-refractivity contribution in [1.29, 1.82) is 0 Å². The number of hydrogen-bond donors (Lipinski definition) is 1. The SMILES string of the molecule is OC1c2c(C(F)(F)F)cn(Cc3ccc(F)cc3F)c2CCC1(F)F. The van der Waals surface area contributed by atoms with Crippen LogP contribution in [0.2, 0.25) is 0 Å². The van der Waals surface area contributed by atoms with E-state index in [4.69, 9.17) is 0 Å². The van der Waals surface area contributed by atoms with Crippen molar-refractivity contribution in [3.8, 4) is 0 Å². The summed E-state index contributed by atoms with van der Waals surface area (Å²) >= 11 is 0. The summed E-state index contributed by atoms with van der Waals surface area (Å²) in [6.45, 7) is -0.400. The zero-order valence-electron chi connectivity index (χ0n) is 12.5. The fourth-order valence-electron chi connectivity index (χ4n) is 3.03. The van der Waals surface area contributed by atoms with Crippen molar-refractivity contribution in [2.75, 3.05) is 0 Å². The third-order valence-corrected chi connectivity index (χ3v) is 4.26. The molecule has 1 aromatic carbocycles. The molecule has 0 saturated heterocycles. The van der Waals surface area contributed by atoms with Gasteiger partial charge in [-0.25, -0.2) is 17.6 Å². The monoisotopic (exact) mass is 367 g/mol. The number of fused-ring (bicyclic) bond motifs is 1. The van der Waals surface area contributed by atoms with Crippen LogP contribution in [0.3, 0.4) is 0 Å². The fraction of sp³-hybridized carbons (Fsp3) is 0.375. The molecule has 0 radical (unpaired) electrons. The van der Waals surface area contributed by atoms with Gasteiger partial charge in [-0.05, 0) is 12.5 Å². The van der Waals surface area contributed by atoms with E-state index in [0.29, 0.717) is 12.3 Å². The highest BCUT2D eigenvalue weighted by atomic mass is 19.4. The number of halogens is 7. The number of aliphatic hydroxyl groups is 1. The minimum atomic E-state index is -4.95. The predicted molar refractivity (Wildman–Crippen MR) is 73.1 cm³/mol. The molecule has 0 bridgehead atoms. The van der Waals surface area contributed by atoms with Gasteiger partial charge in [0.05, 0.1) is 12.1 Å². The molecule has 136 valence electrons. The molecule has 2 aromatic rings. The Balaban J connectivity index is 2.10. The van der Waals surface area contributed by atoms with Crippen LogP contribution in [0.15, 0.2) is 24.4 Å². The Morgan fingerprint density at radius 1 is 1.20 bits per heavy atom. The lowest BCUT2D eigenvalue weighted by Crippen LogP contribution is -2.33. The molecule has 0 aliphatic heterocycles. The van der Waals surface area contributed by atoms with Crippen LogP contribution in [-0.4, -0.2) is 15.6 Å². The highest BCUT2D eigenvalue weighted by Crippen LogP contribution is 2.47. The van der Waals surface area contributed by atoms with Gasteiger partial charge in [-0.15, -0.1) is 0 Å². The smallest absolute Gasteiger partial charge is 0.382 e. The molecule has 0 spiro atoms. The van der Waals surface area contributed by atoms with Gasteiger partial charge in [0.2, 0.25) is 0 Å². The van der Waals surface area contributed by atoms with Crippen LogP contribution in [0.25, 0.3) is 0 Å². The molecule has 1 atom stereocenters. The van der Waals surface area contributed by atoms with Crippen molar-refractivity contribution < 1.29 is 35.8 Å². The predicted octanol–water partition coefficient (Wildman–Crippen LogP) is 4.45. The third-order valence-electron chi connectivity index (χ3n) is 4.26. The molecule has 1 N–H and O–H groups in total. The van der Waals surface area contributed by atoms with Crippen molar-refractivity contribution in [2.24, 2.45) is 0 Å². The lowest BCUT2D eigenvalue weighted by atomic mass is 9.89. The first kappa shape index (κ1) is 17.8. The van der Waals surface area contributed by atoms with Gasteiger partial charge in [-0.3, -0.25) is 0 Å². The normalized spacial score (nSPS) is 19.8. The summed E-state index contributed by atoms with van der Waals surface area (Å²) in [5, 5.41) is 9.72. The van der Waals surface area contributed by atoms with E-state index in [0.717, 1.165) is 16.7 Å². The van der Waals surface area contributed by atoms with Gasteiger partial charge in [-0.2, -0.15) is 13.2 Å². The molecular formula is C16H12F7NO. The lowest BCUT2D eigenvalue weighted by Gasteiger charge is -2.29. The summed E-state index contributed by atoms with van der Waals surface area (Å²) in [5.74, 6) is -5.49. The number of hydrogen-bond acceptors (Lipinski definition) is 1. The summed E-state index contributed by atoms with van der Waals surface area (Å²) in [7, 11) is 0. The van der Waals surface area contributed by atoms with Crippen molar-refractivity contribution in [3.05, 3.63) is 58.4 Å². The second-order valence-corrected chi connectivity index (χ2v) is 5.93. The summed E-state index contributed by atoms with van der Waals surface area (Å²) in [6.07, 6.45) is -8.19. The number of alkyl halides is 5. The summed E-state index contributed by atoms with van der Waals surface area (Å²) < 4.78 is 94.6. The number of aromatic nitrogens is 1. The highest BCUT2D eigenvalue weighted by Gasteiger charge is 2.50. The number of nitrogens with zero attached hydrogens (tertiary/aromatic N) is 1. The molecule has 1 heterocycles. The highest BCUT2D eigenvalue weighted by molar-refractivity contribution is 5.40. The van der Waals surface area contributed by atoms with Crippen LogP contribution in [0, 0.1) is 11.6 Å². The number of rotatable bonds is 2. The minimum absolute atomic E-state index is 0.0975. The number of aliphatic hydroxyl groups excluding tert-OH is 1. The Hall–Kier alpha value is -2.03. The zero-order valence-corrected chi connectivity index (χ0v) is 12.5. The van der Waals surface area contributed by atoms with Gasteiger partial charge >= 0.3 is 6.18 Å². The maximum absolute atomic E-state index is 13.8. The Morgan fingerprint density at radius 2 is 1.88 bits per heavy atom. The molecule has 1 aromatic heterocycles. The minimum Gasteiger partial charge on any atom is -0.382 e. The van der Waals surface area contributed by atoms with E-state index < -0.39 is 60.4 Å². The van der Waals surface area contributed by atoms with E-state index in [1.165, 1.54) is 0 Å². The average molecular weight is 367 g/mol. The van der Waals surface area contributed by atoms with Crippen LogP contribution in [0.1, 0.15) is 34.9 Å². The van der Waals surface area contributed by atoms with Crippen molar-refractivity contribution in [1.82, 2.24) is 4.57 Å². The molecule has 0 amide bonds. The van der Waals surface area contributed by atoms with Gasteiger partial charge < -0.3 is 9.67 Å². The fourth-order valence-corrected chi connectivity index (χ4v) is 3.03. The van der Waals surface area contributed by atoms with Crippen molar-refractivity contribution in [3.63, 3.8) is 0 Å². The number of benzene rings is 1. The molecule has 9 heteroatoms. The van der Waals surface area contributed by atoms with Gasteiger partial charge in [0, 0.05) is 35.5 Å².